The van der Waals surface area contributed by atoms with Gasteiger partial charge in [0.2, 0.25) is 5.91 Å². The van der Waals surface area contributed by atoms with E-state index in [4.69, 9.17) is 9.72 Å². The van der Waals surface area contributed by atoms with Gasteiger partial charge in [0.25, 0.3) is 5.91 Å². The van der Waals surface area contributed by atoms with E-state index in [1.165, 1.54) is 32.2 Å². The number of rotatable bonds is 6. The number of nitrogens with one attached hydrogen (secondary N) is 2. The molecule has 0 saturated heterocycles. The summed E-state index contributed by atoms with van der Waals surface area (Å²) in [5.74, 6) is -0.755. The van der Waals surface area contributed by atoms with E-state index >= 15 is 0 Å². The predicted octanol–water partition coefficient (Wildman–Crippen LogP) is 4.87. The molecule has 0 fully saturated rings. The Labute approximate surface area is 201 Å². The molecule has 2 heterocycles. The van der Waals surface area contributed by atoms with E-state index in [0.717, 1.165) is 16.7 Å². The van der Waals surface area contributed by atoms with Crippen LogP contribution in [0, 0.1) is 12.7 Å². The fraction of sp³-hybridized carbons (Fsp3) is 0.115. The SMILES string of the molecule is COc1cc(C(=O)Nc2ccc(C)c(-c3cncc(-c4ccnc(NC(C)=O)c4)n3)c2)ccc1F. The van der Waals surface area contributed by atoms with Crippen LogP contribution in [0.1, 0.15) is 22.8 Å². The van der Waals surface area contributed by atoms with Gasteiger partial charge < -0.3 is 15.4 Å². The molecule has 9 heteroatoms. The Morgan fingerprint density at radius 2 is 1.77 bits per heavy atom. The highest BCUT2D eigenvalue weighted by molar-refractivity contribution is 6.04. The normalized spacial score (nSPS) is 10.5. The number of carbonyl (C=O) groups excluding carboxylic acids is 2. The molecule has 0 radical (unpaired) electrons. The van der Waals surface area contributed by atoms with E-state index in [1.807, 2.05) is 13.0 Å². The molecular formula is C26H22FN5O3. The number of nitrogens with zero attached hydrogens (tertiary/aromatic N) is 3. The molecule has 0 bridgehead atoms. The van der Waals surface area contributed by atoms with Gasteiger partial charge >= 0.3 is 0 Å². The van der Waals surface area contributed by atoms with Crippen molar-refractivity contribution in [2.24, 2.45) is 0 Å². The Morgan fingerprint density at radius 1 is 0.971 bits per heavy atom. The molecule has 2 aromatic carbocycles. The summed E-state index contributed by atoms with van der Waals surface area (Å²) < 4.78 is 18.6. The lowest BCUT2D eigenvalue weighted by atomic mass is 10.0. The third kappa shape index (κ3) is 5.47. The number of amides is 2. The molecular weight excluding hydrogens is 449 g/mol. The van der Waals surface area contributed by atoms with E-state index in [0.29, 0.717) is 22.9 Å². The molecule has 35 heavy (non-hydrogen) atoms. The molecule has 0 unspecified atom stereocenters. The van der Waals surface area contributed by atoms with Crippen LogP contribution in [0.3, 0.4) is 0 Å². The van der Waals surface area contributed by atoms with Crippen molar-refractivity contribution in [1.82, 2.24) is 15.0 Å². The summed E-state index contributed by atoms with van der Waals surface area (Å²) in [4.78, 5) is 37.3. The summed E-state index contributed by atoms with van der Waals surface area (Å²) in [5, 5.41) is 5.48. The van der Waals surface area contributed by atoms with Gasteiger partial charge in [-0.2, -0.15) is 0 Å². The van der Waals surface area contributed by atoms with E-state index in [2.05, 4.69) is 20.6 Å². The first-order valence-corrected chi connectivity index (χ1v) is 10.7. The maximum Gasteiger partial charge on any atom is 0.255 e. The summed E-state index contributed by atoms with van der Waals surface area (Å²) in [6.07, 6.45) is 4.85. The van der Waals surface area contributed by atoms with Gasteiger partial charge in [-0.15, -0.1) is 0 Å². The van der Waals surface area contributed by atoms with Crippen molar-refractivity contribution in [2.45, 2.75) is 13.8 Å². The molecule has 0 spiro atoms. The molecule has 8 nitrogen and oxygen atoms in total. The van der Waals surface area contributed by atoms with Crippen molar-refractivity contribution in [1.29, 1.82) is 0 Å². The quantitative estimate of drug-likeness (QED) is 0.416. The number of ether oxygens (including phenoxy) is 1. The Morgan fingerprint density at radius 3 is 2.54 bits per heavy atom. The molecule has 0 saturated carbocycles. The van der Waals surface area contributed by atoms with Gasteiger partial charge in [0.1, 0.15) is 5.82 Å². The van der Waals surface area contributed by atoms with Gasteiger partial charge in [0.05, 0.1) is 30.9 Å². The van der Waals surface area contributed by atoms with Crippen LogP contribution in [0.15, 0.2) is 67.1 Å². The van der Waals surface area contributed by atoms with Crippen LogP contribution in [0.4, 0.5) is 15.9 Å². The number of methoxy groups -OCH3 is 1. The molecule has 0 aliphatic heterocycles. The number of hydrogen-bond acceptors (Lipinski definition) is 6. The van der Waals surface area contributed by atoms with Gasteiger partial charge in [-0.3, -0.25) is 14.6 Å². The van der Waals surface area contributed by atoms with Crippen LogP contribution < -0.4 is 15.4 Å². The van der Waals surface area contributed by atoms with Gasteiger partial charge in [0, 0.05) is 35.5 Å². The van der Waals surface area contributed by atoms with Crippen molar-refractivity contribution in [2.75, 3.05) is 17.7 Å². The van der Waals surface area contributed by atoms with Crippen LogP contribution >= 0.6 is 0 Å². The highest BCUT2D eigenvalue weighted by Gasteiger charge is 2.13. The first-order chi connectivity index (χ1) is 16.8. The maximum absolute atomic E-state index is 13.7. The smallest absolute Gasteiger partial charge is 0.255 e. The second-order valence-corrected chi connectivity index (χ2v) is 7.73. The number of halogens is 1. The average Bonchev–Trinajstić information content (AvgIpc) is 2.85. The van der Waals surface area contributed by atoms with Crippen LogP contribution in [0.2, 0.25) is 0 Å². The Balaban J connectivity index is 1.62. The number of pyridine rings is 1. The number of aromatic nitrogens is 3. The number of benzene rings is 2. The van der Waals surface area contributed by atoms with Gasteiger partial charge in [0.15, 0.2) is 11.6 Å². The Hall–Kier alpha value is -4.66. The van der Waals surface area contributed by atoms with Crippen LogP contribution in [0.5, 0.6) is 5.75 Å². The van der Waals surface area contributed by atoms with Crippen LogP contribution in [-0.2, 0) is 4.79 Å². The van der Waals surface area contributed by atoms with E-state index in [1.54, 1.807) is 42.9 Å². The van der Waals surface area contributed by atoms with Gasteiger partial charge in [-0.25, -0.2) is 14.4 Å². The fourth-order valence-electron chi connectivity index (χ4n) is 3.45. The molecule has 176 valence electrons. The van der Waals surface area contributed by atoms with Gasteiger partial charge in [-0.05, 0) is 55.0 Å². The Bertz CT molecular complexity index is 1420. The third-order valence-electron chi connectivity index (χ3n) is 5.18. The predicted molar refractivity (Wildman–Crippen MR) is 131 cm³/mol. The fourth-order valence-corrected chi connectivity index (χ4v) is 3.45. The van der Waals surface area contributed by atoms with Crippen molar-refractivity contribution in [3.63, 3.8) is 0 Å². The molecule has 0 aliphatic carbocycles. The van der Waals surface area contributed by atoms with Crippen molar-refractivity contribution >= 4 is 23.3 Å². The Kier molecular flexibility index (Phi) is 6.77. The second-order valence-electron chi connectivity index (χ2n) is 7.73. The lowest BCUT2D eigenvalue weighted by molar-refractivity contribution is -0.114. The molecule has 2 amide bonds. The van der Waals surface area contributed by atoms with Gasteiger partial charge in [-0.1, -0.05) is 6.07 Å². The highest BCUT2D eigenvalue weighted by Crippen LogP contribution is 2.28. The highest BCUT2D eigenvalue weighted by atomic mass is 19.1. The zero-order chi connectivity index (χ0) is 24.9. The topological polar surface area (TPSA) is 106 Å². The maximum atomic E-state index is 13.7. The van der Waals surface area contributed by atoms with Crippen LogP contribution in [-0.4, -0.2) is 33.9 Å². The zero-order valence-corrected chi connectivity index (χ0v) is 19.3. The monoisotopic (exact) mass is 471 g/mol. The van der Waals surface area contributed by atoms with E-state index in [9.17, 15) is 14.0 Å². The standard InChI is InChI=1S/C26H22FN5O3/c1-15-4-6-19(31-26(34)18-5-7-21(27)24(10-18)35-3)12-20(15)23-14-28-13-22(32-23)17-8-9-29-25(11-17)30-16(2)33/h4-14H,1-3H3,(H,31,34)(H,29,30,33). The summed E-state index contributed by atoms with van der Waals surface area (Å²) in [5.41, 5.74) is 4.48. The van der Waals surface area contributed by atoms with Crippen molar-refractivity contribution in [3.05, 3.63) is 84.1 Å². The van der Waals surface area contributed by atoms with Crippen molar-refractivity contribution in [3.8, 4) is 28.3 Å². The minimum Gasteiger partial charge on any atom is -0.494 e. The van der Waals surface area contributed by atoms with E-state index < -0.39 is 11.7 Å². The lowest BCUT2D eigenvalue weighted by Gasteiger charge is -2.12. The largest absolute Gasteiger partial charge is 0.494 e. The summed E-state index contributed by atoms with van der Waals surface area (Å²) in [6, 6.07) is 12.9. The molecule has 0 aliphatic rings. The number of aryl methyl sites for hydroxylation is 1. The molecule has 0 atom stereocenters. The molecule has 4 aromatic rings. The summed E-state index contributed by atoms with van der Waals surface area (Å²) >= 11 is 0. The first kappa shape index (κ1) is 23.5. The minimum atomic E-state index is -0.543. The average molecular weight is 471 g/mol. The van der Waals surface area contributed by atoms with Crippen LogP contribution in [0.25, 0.3) is 22.5 Å². The lowest BCUT2D eigenvalue weighted by Crippen LogP contribution is -2.12. The second kappa shape index (κ2) is 10.1. The number of hydrogen-bond donors (Lipinski definition) is 2. The summed E-state index contributed by atoms with van der Waals surface area (Å²) in [6.45, 7) is 3.34. The van der Waals surface area contributed by atoms with E-state index in [-0.39, 0.29) is 17.2 Å². The van der Waals surface area contributed by atoms with Crippen molar-refractivity contribution < 1.29 is 18.7 Å². The minimum absolute atomic E-state index is 0.00731. The third-order valence-corrected chi connectivity index (χ3v) is 5.18. The summed E-state index contributed by atoms with van der Waals surface area (Å²) in [7, 11) is 1.34. The number of anilines is 2. The number of carbonyl (C=O) groups is 2. The molecule has 4 rings (SSSR count). The first-order valence-electron chi connectivity index (χ1n) is 10.7. The molecule has 2 aromatic heterocycles. The zero-order valence-electron chi connectivity index (χ0n) is 19.3. The molecule has 2 N–H and O–H groups in total.